The molecule has 2 aliphatic heterocycles. The maximum Gasteiger partial charge on any atom is 0.393 e. The summed E-state index contributed by atoms with van der Waals surface area (Å²) in [5.74, 6) is 0.353. The zero-order valence-corrected chi connectivity index (χ0v) is 17.6. The number of rotatable bonds is 2. The van der Waals surface area contributed by atoms with Gasteiger partial charge in [0.1, 0.15) is 11.6 Å². The maximum atomic E-state index is 13.3. The van der Waals surface area contributed by atoms with E-state index in [0.717, 1.165) is 31.2 Å². The van der Waals surface area contributed by atoms with Crippen LogP contribution < -0.4 is 15.1 Å². The number of carbonyl (C=O) groups excluding carboxylic acids is 1. The van der Waals surface area contributed by atoms with Crippen LogP contribution >= 0.6 is 0 Å². The second-order valence-corrected chi connectivity index (χ2v) is 8.82. The smallest absolute Gasteiger partial charge is 0.356 e. The Balaban J connectivity index is 1.47. The molecule has 10 heteroatoms. The number of hydrogen-bond acceptors (Lipinski definition) is 5. The lowest BCUT2D eigenvalue weighted by Crippen LogP contribution is -2.49. The number of hydrogen-bond donors (Lipinski definition) is 1. The number of fused-ring (bicyclic) bond motifs is 4. The number of nitrogens with zero attached hydrogens (tertiary/aromatic N) is 5. The van der Waals surface area contributed by atoms with Gasteiger partial charge in [-0.1, -0.05) is 12.5 Å². The summed E-state index contributed by atoms with van der Waals surface area (Å²) < 4.78 is 39.9. The maximum absolute atomic E-state index is 13.3. The molecule has 3 atom stereocenters. The highest BCUT2D eigenvalue weighted by molar-refractivity contribution is 6.02. The fraction of sp³-hybridized carbons (Fsp3) is 0.545. The quantitative estimate of drug-likeness (QED) is 0.722. The van der Waals surface area contributed by atoms with Crippen molar-refractivity contribution in [3.05, 3.63) is 36.3 Å². The molecule has 1 saturated carbocycles. The molecule has 170 valence electrons. The number of alkyl halides is 3. The molecule has 0 spiro atoms. The Morgan fingerprint density at radius 3 is 2.78 bits per heavy atom. The fourth-order valence-corrected chi connectivity index (χ4v) is 5.24. The summed E-state index contributed by atoms with van der Waals surface area (Å²) in [6.45, 7) is 0.422. The Labute approximate surface area is 184 Å². The van der Waals surface area contributed by atoms with Gasteiger partial charge in [-0.3, -0.25) is 15.2 Å². The summed E-state index contributed by atoms with van der Waals surface area (Å²) in [6.07, 6.45) is 4.67. The lowest BCUT2D eigenvalue weighted by atomic mass is 9.77. The fourth-order valence-electron chi connectivity index (χ4n) is 5.24. The van der Waals surface area contributed by atoms with Gasteiger partial charge >= 0.3 is 12.2 Å². The zero-order valence-electron chi connectivity index (χ0n) is 17.6. The summed E-state index contributed by atoms with van der Waals surface area (Å²) in [6, 6.07) is 3.42. The molecule has 1 N–H and O–H groups in total. The van der Waals surface area contributed by atoms with E-state index in [1.165, 1.54) is 18.6 Å². The third-order valence-corrected chi connectivity index (χ3v) is 6.80. The van der Waals surface area contributed by atoms with Gasteiger partial charge in [0.05, 0.1) is 12.1 Å². The van der Waals surface area contributed by atoms with Gasteiger partial charge in [-0.15, -0.1) is 0 Å². The van der Waals surface area contributed by atoms with E-state index < -0.39 is 12.1 Å². The number of piperidine rings is 1. The van der Waals surface area contributed by atoms with Crippen molar-refractivity contribution in [2.45, 2.75) is 56.7 Å². The average molecular weight is 446 g/mol. The largest absolute Gasteiger partial charge is 0.393 e. The van der Waals surface area contributed by atoms with Crippen LogP contribution in [0.3, 0.4) is 0 Å². The van der Waals surface area contributed by atoms with Crippen molar-refractivity contribution in [3.8, 4) is 0 Å². The molecular weight excluding hydrogens is 421 g/mol. The number of carbonyl (C=O) groups is 1. The van der Waals surface area contributed by atoms with E-state index in [9.17, 15) is 18.0 Å². The van der Waals surface area contributed by atoms with Gasteiger partial charge in [0.2, 0.25) is 0 Å². The van der Waals surface area contributed by atoms with Crippen molar-refractivity contribution in [3.63, 3.8) is 0 Å². The molecule has 3 aliphatic rings. The highest BCUT2D eigenvalue weighted by Crippen LogP contribution is 2.46. The molecule has 0 aromatic carbocycles. The van der Waals surface area contributed by atoms with Crippen LogP contribution in [0, 0.1) is 5.92 Å². The number of urea groups is 1. The third-order valence-electron chi connectivity index (χ3n) is 6.80. The molecule has 1 saturated heterocycles. The summed E-state index contributed by atoms with van der Waals surface area (Å²) in [7, 11) is 0. The number of amides is 2. The molecule has 0 radical (unpaired) electrons. The van der Waals surface area contributed by atoms with Crippen LogP contribution in [0.15, 0.2) is 30.7 Å². The molecule has 7 nitrogen and oxygen atoms in total. The number of aromatic nitrogens is 3. The van der Waals surface area contributed by atoms with E-state index in [2.05, 4.69) is 15.3 Å². The molecule has 1 aliphatic carbocycles. The monoisotopic (exact) mass is 446 g/mol. The standard InChI is InChI=1S/C22H25F3N6O/c23-22(24,25)15-4-2-10-30(13-15)19-7-6-17-14-3-1-5-16(11-14)31(20(17)29-19)21(32)28-18-12-26-8-9-27-18/h6-9,12,14-16H,1-5,10-11,13H2,(H,27,28,32)/t14?,15?,16-/m0/s1. The third kappa shape index (κ3) is 3.98. The van der Waals surface area contributed by atoms with Gasteiger partial charge < -0.3 is 4.90 Å². The molecule has 2 amide bonds. The Morgan fingerprint density at radius 1 is 1.12 bits per heavy atom. The lowest BCUT2D eigenvalue weighted by molar-refractivity contribution is -0.176. The van der Waals surface area contributed by atoms with E-state index >= 15 is 0 Å². The molecular formula is C22H25F3N6O. The Morgan fingerprint density at radius 2 is 2.00 bits per heavy atom. The van der Waals surface area contributed by atoms with Gasteiger partial charge in [-0.05, 0) is 49.7 Å². The molecule has 2 aromatic heterocycles. The van der Waals surface area contributed by atoms with Crippen LogP contribution in [0.1, 0.15) is 50.0 Å². The summed E-state index contributed by atoms with van der Waals surface area (Å²) >= 11 is 0. The van der Waals surface area contributed by atoms with Gasteiger partial charge in [0.15, 0.2) is 5.82 Å². The Bertz CT molecular complexity index is 985. The minimum absolute atomic E-state index is 0.00458. The topological polar surface area (TPSA) is 74.2 Å². The van der Waals surface area contributed by atoms with Crippen molar-refractivity contribution in [2.24, 2.45) is 5.92 Å². The average Bonchev–Trinajstić information content (AvgIpc) is 2.79. The molecule has 2 aromatic rings. The van der Waals surface area contributed by atoms with E-state index in [0.29, 0.717) is 36.3 Å². The highest BCUT2D eigenvalue weighted by Gasteiger charge is 2.43. The normalized spacial score (nSPS) is 25.3. The minimum atomic E-state index is -4.22. The Kier molecular flexibility index (Phi) is 5.38. The SMILES string of the molecule is O=C(Nc1cnccn1)N1c2nc(N3CCCC(C(F)(F)F)C3)ccc2C2CCC[C@H]1C2. The Hall–Kier alpha value is -2.91. The van der Waals surface area contributed by atoms with Gasteiger partial charge in [-0.2, -0.15) is 13.2 Å². The number of anilines is 3. The second-order valence-electron chi connectivity index (χ2n) is 8.82. The minimum Gasteiger partial charge on any atom is -0.356 e. The number of nitrogens with one attached hydrogen (secondary N) is 1. The lowest BCUT2D eigenvalue weighted by Gasteiger charge is -2.43. The first-order valence-electron chi connectivity index (χ1n) is 11.1. The van der Waals surface area contributed by atoms with Gasteiger partial charge in [0, 0.05) is 31.5 Å². The van der Waals surface area contributed by atoms with Crippen molar-refractivity contribution in [1.29, 1.82) is 0 Å². The molecule has 2 unspecified atom stereocenters. The van der Waals surface area contributed by atoms with Crippen LogP contribution in [0.5, 0.6) is 0 Å². The molecule has 4 heterocycles. The van der Waals surface area contributed by atoms with Crippen molar-refractivity contribution < 1.29 is 18.0 Å². The number of halogens is 3. The van der Waals surface area contributed by atoms with Crippen LogP contribution in [0.4, 0.5) is 35.4 Å². The molecule has 32 heavy (non-hydrogen) atoms. The summed E-state index contributed by atoms with van der Waals surface area (Å²) in [5.41, 5.74) is 0.989. The van der Waals surface area contributed by atoms with Crippen LogP contribution in [0.2, 0.25) is 0 Å². The summed E-state index contributed by atoms with van der Waals surface area (Å²) in [4.78, 5) is 29.5. The van der Waals surface area contributed by atoms with E-state index in [1.54, 1.807) is 9.80 Å². The first-order chi connectivity index (χ1) is 15.4. The van der Waals surface area contributed by atoms with Crippen LogP contribution in [-0.2, 0) is 0 Å². The van der Waals surface area contributed by atoms with Crippen molar-refractivity contribution in [2.75, 3.05) is 28.2 Å². The van der Waals surface area contributed by atoms with E-state index in [1.807, 2.05) is 12.1 Å². The van der Waals surface area contributed by atoms with E-state index in [-0.39, 0.29) is 25.0 Å². The second kappa shape index (κ2) is 8.22. The molecule has 2 bridgehead atoms. The van der Waals surface area contributed by atoms with Gasteiger partial charge in [0.25, 0.3) is 0 Å². The predicted octanol–water partition coefficient (Wildman–Crippen LogP) is 4.73. The zero-order chi connectivity index (χ0) is 22.3. The first kappa shape index (κ1) is 21.0. The summed E-state index contributed by atoms with van der Waals surface area (Å²) in [5, 5.41) is 2.79. The number of pyridine rings is 1. The van der Waals surface area contributed by atoms with E-state index in [4.69, 9.17) is 4.98 Å². The highest BCUT2D eigenvalue weighted by atomic mass is 19.4. The van der Waals surface area contributed by atoms with Gasteiger partial charge in [-0.25, -0.2) is 14.8 Å². The molecule has 2 fully saturated rings. The first-order valence-corrected chi connectivity index (χ1v) is 11.1. The van der Waals surface area contributed by atoms with Crippen molar-refractivity contribution >= 4 is 23.5 Å². The molecule has 5 rings (SSSR count). The van der Waals surface area contributed by atoms with Crippen molar-refractivity contribution in [1.82, 2.24) is 15.0 Å². The predicted molar refractivity (Wildman–Crippen MR) is 114 cm³/mol. The van der Waals surface area contributed by atoms with Crippen LogP contribution in [-0.4, -0.2) is 46.3 Å². The van der Waals surface area contributed by atoms with Crippen LogP contribution in [0.25, 0.3) is 0 Å².